The van der Waals surface area contributed by atoms with Gasteiger partial charge >= 0.3 is 0 Å². The minimum Gasteiger partial charge on any atom is -0.392 e. The average Bonchev–Trinajstić information content (AvgIpc) is 2.33. The molecule has 0 aromatic heterocycles. The number of rotatable bonds is 4. The minimum atomic E-state index is 0.549. The topological polar surface area (TPSA) is 32.5 Å². The smallest absolute Gasteiger partial charge is 0.0870 e. The molecule has 1 heterocycles. The van der Waals surface area contributed by atoms with Crippen LogP contribution in [0.25, 0.3) is 0 Å². The van der Waals surface area contributed by atoms with Crippen LogP contribution in [0.1, 0.15) is 12.5 Å². The van der Waals surface area contributed by atoms with Gasteiger partial charge in [-0.05, 0) is 12.5 Å². The van der Waals surface area contributed by atoms with Gasteiger partial charge in [-0.1, -0.05) is 42.5 Å². The Hall–Kier alpha value is -0.970. The highest BCUT2D eigenvalue weighted by molar-refractivity contribution is 7.80. The van der Waals surface area contributed by atoms with Crippen LogP contribution in [0.5, 0.6) is 0 Å². The summed E-state index contributed by atoms with van der Waals surface area (Å²) in [5, 5.41) is 0. The minimum absolute atomic E-state index is 0.549. The molecule has 98 valence electrons. The normalized spacial score (nSPS) is 21.9. The van der Waals surface area contributed by atoms with Crippen molar-refractivity contribution >= 4 is 17.2 Å². The third-order valence-corrected chi connectivity index (χ3v) is 3.59. The van der Waals surface area contributed by atoms with Crippen LogP contribution in [0.2, 0.25) is 0 Å². The van der Waals surface area contributed by atoms with E-state index in [9.17, 15) is 0 Å². The van der Waals surface area contributed by atoms with E-state index in [0.717, 1.165) is 32.7 Å². The van der Waals surface area contributed by atoms with Crippen molar-refractivity contribution in [2.24, 2.45) is 5.73 Å². The first-order valence-electron chi connectivity index (χ1n) is 6.44. The molecule has 1 fully saturated rings. The van der Waals surface area contributed by atoms with Crippen molar-refractivity contribution in [2.45, 2.75) is 19.5 Å². The van der Waals surface area contributed by atoms with Crippen LogP contribution in [-0.2, 0) is 6.54 Å². The predicted octanol–water partition coefficient (Wildman–Crippen LogP) is 1.48. The van der Waals surface area contributed by atoms with Crippen LogP contribution in [0.4, 0.5) is 0 Å². The quantitative estimate of drug-likeness (QED) is 0.834. The van der Waals surface area contributed by atoms with E-state index in [1.54, 1.807) is 0 Å². The molecule has 4 heteroatoms. The Kier molecular flexibility index (Phi) is 4.69. The van der Waals surface area contributed by atoms with Crippen molar-refractivity contribution < 1.29 is 0 Å². The second-order valence-electron chi connectivity index (χ2n) is 5.01. The van der Waals surface area contributed by atoms with Crippen molar-refractivity contribution in [2.75, 3.05) is 26.2 Å². The maximum atomic E-state index is 5.60. The number of hydrogen-bond acceptors (Lipinski definition) is 3. The van der Waals surface area contributed by atoms with Crippen LogP contribution in [0, 0.1) is 0 Å². The Balaban J connectivity index is 1.88. The van der Waals surface area contributed by atoms with Gasteiger partial charge in [0.1, 0.15) is 0 Å². The lowest BCUT2D eigenvalue weighted by molar-refractivity contribution is 0.0876. The monoisotopic (exact) mass is 263 g/mol. The molecule has 0 saturated carbocycles. The first kappa shape index (κ1) is 13.5. The predicted molar refractivity (Wildman–Crippen MR) is 79.5 cm³/mol. The fourth-order valence-electron chi connectivity index (χ4n) is 2.49. The van der Waals surface area contributed by atoms with Gasteiger partial charge in [-0.15, -0.1) is 0 Å². The molecule has 0 aliphatic carbocycles. The van der Waals surface area contributed by atoms with Crippen LogP contribution >= 0.6 is 12.2 Å². The zero-order valence-corrected chi connectivity index (χ0v) is 11.7. The lowest BCUT2D eigenvalue weighted by Gasteiger charge is -2.39. The van der Waals surface area contributed by atoms with Crippen LogP contribution in [-0.4, -0.2) is 47.0 Å². The molecule has 0 bridgehead atoms. The summed E-state index contributed by atoms with van der Waals surface area (Å²) in [6, 6.07) is 11.2. The molecule has 1 atom stereocenters. The SMILES string of the molecule is CC1CN(CC(N)=S)CCN1Cc1ccccc1. The molecule has 1 aromatic rings. The van der Waals surface area contributed by atoms with Gasteiger partial charge in [-0.2, -0.15) is 0 Å². The molecule has 2 rings (SSSR count). The van der Waals surface area contributed by atoms with E-state index in [1.807, 2.05) is 0 Å². The van der Waals surface area contributed by atoms with Gasteiger partial charge in [0.25, 0.3) is 0 Å². The fourth-order valence-corrected chi connectivity index (χ4v) is 2.67. The first-order valence-corrected chi connectivity index (χ1v) is 6.84. The van der Waals surface area contributed by atoms with E-state index >= 15 is 0 Å². The van der Waals surface area contributed by atoms with Gasteiger partial charge in [0.05, 0.1) is 4.99 Å². The molecule has 1 aliphatic rings. The lowest BCUT2D eigenvalue weighted by atomic mass is 10.1. The average molecular weight is 263 g/mol. The Bertz CT molecular complexity index is 393. The van der Waals surface area contributed by atoms with Crippen molar-refractivity contribution in [1.82, 2.24) is 9.80 Å². The van der Waals surface area contributed by atoms with Gasteiger partial charge < -0.3 is 5.73 Å². The van der Waals surface area contributed by atoms with Crippen LogP contribution < -0.4 is 5.73 Å². The lowest BCUT2D eigenvalue weighted by Crippen LogP contribution is -2.52. The highest BCUT2D eigenvalue weighted by atomic mass is 32.1. The molecule has 1 saturated heterocycles. The molecule has 0 amide bonds. The van der Waals surface area contributed by atoms with Gasteiger partial charge in [0.15, 0.2) is 0 Å². The van der Waals surface area contributed by atoms with Crippen LogP contribution in [0.3, 0.4) is 0 Å². The summed E-state index contributed by atoms with van der Waals surface area (Å²) in [6.45, 7) is 7.23. The summed E-state index contributed by atoms with van der Waals surface area (Å²) >= 11 is 4.97. The van der Waals surface area contributed by atoms with E-state index in [-0.39, 0.29) is 0 Å². The van der Waals surface area contributed by atoms with Gasteiger partial charge in [0.2, 0.25) is 0 Å². The molecule has 1 unspecified atom stereocenters. The van der Waals surface area contributed by atoms with Gasteiger partial charge in [-0.3, -0.25) is 9.80 Å². The van der Waals surface area contributed by atoms with E-state index < -0.39 is 0 Å². The second kappa shape index (κ2) is 6.27. The summed E-state index contributed by atoms with van der Waals surface area (Å²) in [6.07, 6.45) is 0. The van der Waals surface area contributed by atoms with Crippen LogP contribution in [0.15, 0.2) is 30.3 Å². The maximum Gasteiger partial charge on any atom is 0.0870 e. The Morgan fingerprint density at radius 1 is 1.33 bits per heavy atom. The fraction of sp³-hybridized carbons (Fsp3) is 0.500. The van der Waals surface area contributed by atoms with Crippen molar-refractivity contribution in [1.29, 1.82) is 0 Å². The third-order valence-electron chi connectivity index (χ3n) is 3.46. The third kappa shape index (κ3) is 3.77. The summed E-state index contributed by atoms with van der Waals surface area (Å²) in [5.74, 6) is 0. The number of piperazine rings is 1. The van der Waals surface area contributed by atoms with E-state index in [2.05, 4.69) is 47.1 Å². The van der Waals surface area contributed by atoms with Crippen molar-refractivity contribution in [3.63, 3.8) is 0 Å². The summed E-state index contributed by atoms with van der Waals surface area (Å²) in [7, 11) is 0. The Morgan fingerprint density at radius 2 is 2.06 bits per heavy atom. The zero-order valence-electron chi connectivity index (χ0n) is 10.9. The van der Waals surface area contributed by atoms with Gasteiger partial charge in [-0.25, -0.2) is 0 Å². The molecular formula is C14H21N3S. The number of thiocarbonyl (C=S) groups is 1. The highest BCUT2D eigenvalue weighted by Gasteiger charge is 2.23. The summed E-state index contributed by atoms with van der Waals surface area (Å²) in [4.78, 5) is 5.46. The molecule has 3 nitrogen and oxygen atoms in total. The molecule has 0 spiro atoms. The van der Waals surface area contributed by atoms with Crippen molar-refractivity contribution in [3.05, 3.63) is 35.9 Å². The van der Waals surface area contributed by atoms with E-state index in [4.69, 9.17) is 18.0 Å². The largest absolute Gasteiger partial charge is 0.392 e. The number of nitrogens with two attached hydrogens (primary N) is 1. The Labute approximate surface area is 115 Å². The first-order chi connectivity index (χ1) is 8.65. The molecule has 2 N–H and O–H groups in total. The standard InChI is InChI=1S/C14H21N3S/c1-12-9-16(11-14(15)18)7-8-17(12)10-13-5-3-2-4-6-13/h2-6,12H,7-11H2,1H3,(H2,15,18). The molecule has 18 heavy (non-hydrogen) atoms. The molecule has 1 aliphatic heterocycles. The van der Waals surface area contributed by atoms with E-state index in [1.165, 1.54) is 5.56 Å². The van der Waals surface area contributed by atoms with E-state index in [0.29, 0.717) is 11.0 Å². The Morgan fingerprint density at radius 3 is 2.67 bits per heavy atom. The highest BCUT2D eigenvalue weighted by Crippen LogP contribution is 2.13. The van der Waals surface area contributed by atoms with Crippen molar-refractivity contribution in [3.8, 4) is 0 Å². The second-order valence-corrected chi connectivity index (χ2v) is 5.53. The summed E-state index contributed by atoms with van der Waals surface area (Å²) in [5.41, 5.74) is 6.98. The maximum absolute atomic E-state index is 5.60. The molecule has 1 aromatic carbocycles. The number of nitrogens with zero attached hydrogens (tertiary/aromatic N) is 2. The van der Waals surface area contributed by atoms with Gasteiger partial charge in [0, 0.05) is 38.8 Å². The number of benzene rings is 1. The zero-order chi connectivity index (χ0) is 13.0. The number of hydrogen-bond donors (Lipinski definition) is 1. The molecular weight excluding hydrogens is 242 g/mol. The summed E-state index contributed by atoms with van der Waals surface area (Å²) < 4.78 is 0. The molecule has 0 radical (unpaired) electrons.